The number of carbonyl (C=O) groups is 1. The Balaban J connectivity index is 2.23. The monoisotopic (exact) mass is 180 g/mol. The van der Waals surface area contributed by atoms with Gasteiger partial charge in [-0.2, -0.15) is 0 Å². The van der Waals surface area contributed by atoms with Crippen LogP contribution in [0.2, 0.25) is 0 Å². The van der Waals surface area contributed by atoms with E-state index in [1.54, 1.807) is 12.5 Å². The smallest absolute Gasteiger partial charge is 0.133 e. The van der Waals surface area contributed by atoms with E-state index in [2.05, 4.69) is 13.8 Å². The van der Waals surface area contributed by atoms with Crippen LogP contribution in [-0.4, -0.2) is 5.78 Å². The molecule has 1 heterocycles. The molecule has 0 aliphatic carbocycles. The summed E-state index contributed by atoms with van der Waals surface area (Å²) in [7, 11) is 0. The maximum absolute atomic E-state index is 11.3. The third-order valence-corrected chi connectivity index (χ3v) is 1.91. The molecule has 0 bridgehead atoms. The molecule has 2 heteroatoms. The highest BCUT2D eigenvalue weighted by molar-refractivity contribution is 5.78. The molecule has 0 aromatic carbocycles. The zero-order valence-corrected chi connectivity index (χ0v) is 8.25. The number of hydrogen-bond acceptors (Lipinski definition) is 2. The van der Waals surface area contributed by atoms with Crippen molar-refractivity contribution in [2.45, 2.75) is 33.1 Å². The topological polar surface area (TPSA) is 30.2 Å². The molecular weight excluding hydrogens is 164 g/mol. The van der Waals surface area contributed by atoms with Crippen molar-refractivity contribution in [3.05, 3.63) is 24.2 Å². The Kier molecular flexibility index (Phi) is 3.74. The van der Waals surface area contributed by atoms with Crippen molar-refractivity contribution >= 4 is 5.78 Å². The van der Waals surface area contributed by atoms with Crippen LogP contribution in [0.15, 0.2) is 23.0 Å². The maximum atomic E-state index is 11.3. The van der Waals surface area contributed by atoms with Gasteiger partial charge in [-0.25, -0.2) is 0 Å². The molecule has 0 amide bonds. The zero-order valence-electron chi connectivity index (χ0n) is 8.25. The molecule has 2 nitrogen and oxygen atoms in total. The number of furan rings is 1. The van der Waals surface area contributed by atoms with Gasteiger partial charge in [0.2, 0.25) is 0 Å². The van der Waals surface area contributed by atoms with Gasteiger partial charge in [-0.05, 0) is 24.0 Å². The Morgan fingerprint density at radius 3 is 2.85 bits per heavy atom. The average molecular weight is 180 g/mol. The number of rotatable bonds is 5. The van der Waals surface area contributed by atoms with Gasteiger partial charge in [0.15, 0.2) is 0 Å². The van der Waals surface area contributed by atoms with Gasteiger partial charge in [-0.1, -0.05) is 13.8 Å². The van der Waals surface area contributed by atoms with E-state index in [1.165, 1.54) is 0 Å². The second-order valence-electron chi connectivity index (χ2n) is 3.77. The van der Waals surface area contributed by atoms with Crippen LogP contribution in [0.25, 0.3) is 0 Å². The minimum Gasteiger partial charge on any atom is -0.472 e. The minimum absolute atomic E-state index is 0.344. The first kappa shape index (κ1) is 10.0. The second-order valence-corrected chi connectivity index (χ2v) is 3.77. The summed E-state index contributed by atoms with van der Waals surface area (Å²) in [5.74, 6) is 0.813. The van der Waals surface area contributed by atoms with Crippen molar-refractivity contribution in [1.29, 1.82) is 0 Å². The lowest BCUT2D eigenvalue weighted by atomic mass is 10.0. The molecule has 72 valence electrons. The summed E-state index contributed by atoms with van der Waals surface area (Å²) < 4.78 is 4.92. The zero-order chi connectivity index (χ0) is 9.68. The van der Waals surface area contributed by atoms with Gasteiger partial charge in [0, 0.05) is 12.8 Å². The number of aryl methyl sites for hydroxylation is 1. The first-order valence-corrected chi connectivity index (χ1v) is 4.71. The van der Waals surface area contributed by atoms with Crippen LogP contribution in [0.5, 0.6) is 0 Å². The van der Waals surface area contributed by atoms with E-state index in [-0.39, 0.29) is 0 Å². The van der Waals surface area contributed by atoms with Crippen LogP contribution < -0.4 is 0 Å². The first-order chi connectivity index (χ1) is 6.18. The van der Waals surface area contributed by atoms with Gasteiger partial charge in [0.25, 0.3) is 0 Å². The molecule has 1 aromatic rings. The molecule has 0 unspecified atom stereocenters. The van der Waals surface area contributed by atoms with Crippen molar-refractivity contribution in [2.75, 3.05) is 0 Å². The van der Waals surface area contributed by atoms with Gasteiger partial charge >= 0.3 is 0 Å². The number of carbonyl (C=O) groups excluding carboxylic acids is 1. The highest BCUT2D eigenvalue weighted by Gasteiger charge is 2.05. The lowest BCUT2D eigenvalue weighted by Crippen LogP contribution is -2.03. The summed E-state index contributed by atoms with van der Waals surface area (Å²) in [6.07, 6.45) is 5.47. The van der Waals surface area contributed by atoms with Gasteiger partial charge < -0.3 is 4.42 Å². The molecule has 0 atom stereocenters. The highest BCUT2D eigenvalue weighted by Crippen LogP contribution is 2.08. The summed E-state index contributed by atoms with van der Waals surface area (Å²) in [4.78, 5) is 11.3. The molecule has 0 saturated heterocycles. The van der Waals surface area contributed by atoms with Crippen LogP contribution >= 0.6 is 0 Å². The van der Waals surface area contributed by atoms with Gasteiger partial charge in [-0.3, -0.25) is 4.79 Å². The Bertz CT molecular complexity index is 247. The fraction of sp³-hybridized carbons (Fsp3) is 0.545. The van der Waals surface area contributed by atoms with Gasteiger partial charge in [0.05, 0.1) is 12.5 Å². The summed E-state index contributed by atoms with van der Waals surface area (Å²) in [6, 6.07) is 1.91. The van der Waals surface area contributed by atoms with Crippen LogP contribution in [0, 0.1) is 5.92 Å². The van der Waals surface area contributed by atoms with E-state index in [0.29, 0.717) is 24.5 Å². The molecule has 1 aromatic heterocycles. The standard InChI is InChI=1S/C11H16O2/c1-9(2)7-11(12)4-3-10-5-6-13-8-10/h5-6,8-9H,3-4,7H2,1-2H3. The van der Waals surface area contributed by atoms with Crippen molar-refractivity contribution < 1.29 is 9.21 Å². The summed E-state index contributed by atoms with van der Waals surface area (Å²) in [5.41, 5.74) is 1.11. The van der Waals surface area contributed by atoms with Crippen molar-refractivity contribution in [3.8, 4) is 0 Å². The Hall–Kier alpha value is -1.05. The second kappa shape index (κ2) is 4.85. The number of Topliss-reactive ketones (excluding diaryl/α,β-unsaturated/α-hetero) is 1. The summed E-state index contributed by atoms with van der Waals surface area (Å²) in [5, 5.41) is 0. The van der Waals surface area contributed by atoms with Gasteiger partial charge in [-0.15, -0.1) is 0 Å². The highest BCUT2D eigenvalue weighted by atomic mass is 16.3. The summed E-state index contributed by atoms with van der Waals surface area (Å²) >= 11 is 0. The normalized spacial score (nSPS) is 10.7. The van der Waals surface area contributed by atoms with E-state index in [9.17, 15) is 4.79 Å². The van der Waals surface area contributed by atoms with E-state index < -0.39 is 0 Å². The molecule has 0 fully saturated rings. The SMILES string of the molecule is CC(C)CC(=O)CCc1ccoc1. The van der Waals surface area contributed by atoms with Gasteiger partial charge in [0.1, 0.15) is 5.78 Å². The van der Waals surface area contributed by atoms with E-state index in [0.717, 1.165) is 12.0 Å². The number of hydrogen-bond donors (Lipinski definition) is 0. The molecule has 0 radical (unpaired) electrons. The van der Waals surface area contributed by atoms with Crippen LogP contribution in [0.4, 0.5) is 0 Å². The Morgan fingerprint density at radius 1 is 1.54 bits per heavy atom. The molecule has 0 spiro atoms. The molecule has 0 aliphatic heterocycles. The van der Waals surface area contributed by atoms with Crippen LogP contribution in [0.3, 0.4) is 0 Å². The predicted octanol–water partition coefficient (Wildman–Crippen LogP) is 2.83. The molecular formula is C11H16O2. The average Bonchev–Trinajstić information content (AvgIpc) is 2.51. The first-order valence-electron chi connectivity index (χ1n) is 4.71. The van der Waals surface area contributed by atoms with E-state index in [4.69, 9.17) is 4.42 Å². The fourth-order valence-corrected chi connectivity index (χ4v) is 1.28. The largest absolute Gasteiger partial charge is 0.472 e. The molecule has 0 saturated carbocycles. The Labute approximate surface area is 78.9 Å². The predicted molar refractivity (Wildman–Crippen MR) is 51.5 cm³/mol. The van der Waals surface area contributed by atoms with E-state index >= 15 is 0 Å². The van der Waals surface area contributed by atoms with Crippen LogP contribution in [-0.2, 0) is 11.2 Å². The quantitative estimate of drug-likeness (QED) is 0.697. The fourth-order valence-electron chi connectivity index (χ4n) is 1.28. The molecule has 0 N–H and O–H groups in total. The molecule has 13 heavy (non-hydrogen) atoms. The van der Waals surface area contributed by atoms with Crippen molar-refractivity contribution in [1.82, 2.24) is 0 Å². The van der Waals surface area contributed by atoms with E-state index in [1.807, 2.05) is 6.07 Å². The van der Waals surface area contributed by atoms with Crippen molar-refractivity contribution in [2.24, 2.45) is 5.92 Å². The minimum atomic E-state index is 0.344. The van der Waals surface area contributed by atoms with Crippen molar-refractivity contribution in [3.63, 3.8) is 0 Å². The number of ketones is 1. The molecule has 0 aliphatic rings. The van der Waals surface area contributed by atoms with Crippen LogP contribution in [0.1, 0.15) is 32.3 Å². The third kappa shape index (κ3) is 3.92. The lowest BCUT2D eigenvalue weighted by Gasteiger charge is -2.02. The summed E-state index contributed by atoms with van der Waals surface area (Å²) in [6.45, 7) is 4.13. The molecule has 1 rings (SSSR count). The third-order valence-electron chi connectivity index (χ3n) is 1.91. The maximum Gasteiger partial charge on any atom is 0.133 e. The Morgan fingerprint density at radius 2 is 2.31 bits per heavy atom. The lowest BCUT2D eigenvalue weighted by molar-refractivity contribution is -0.119.